The SMILES string of the molecule is C[C@H](C(=O)NC1CCCC1)S(=O)(=O)Cc1ccc(Cl)s1. The van der Waals surface area contributed by atoms with Gasteiger partial charge in [0.2, 0.25) is 5.91 Å². The zero-order chi connectivity index (χ0) is 14.8. The Morgan fingerprint density at radius 2 is 2.10 bits per heavy atom. The van der Waals surface area contributed by atoms with Crippen LogP contribution >= 0.6 is 22.9 Å². The van der Waals surface area contributed by atoms with Crippen molar-refractivity contribution in [1.29, 1.82) is 0 Å². The normalized spacial score (nSPS) is 18.1. The van der Waals surface area contributed by atoms with Gasteiger partial charge in [-0.15, -0.1) is 11.3 Å². The molecule has 1 fully saturated rings. The van der Waals surface area contributed by atoms with Crippen LogP contribution in [0.4, 0.5) is 0 Å². The summed E-state index contributed by atoms with van der Waals surface area (Å²) in [6.45, 7) is 1.45. The van der Waals surface area contributed by atoms with Gasteiger partial charge in [0.05, 0.1) is 10.1 Å². The number of thiophene rings is 1. The van der Waals surface area contributed by atoms with E-state index in [2.05, 4.69) is 5.32 Å². The zero-order valence-corrected chi connectivity index (χ0v) is 13.7. The maximum atomic E-state index is 12.2. The summed E-state index contributed by atoms with van der Waals surface area (Å²) >= 11 is 7.02. The number of amides is 1. The molecule has 1 aliphatic carbocycles. The average Bonchev–Trinajstić information content (AvgIpc) is 3.00. The molecule has 2 rings (SSSR count). The molecule has 1 aliphatic rings. The fourth-order valence-corrected chi connectivity index (χ4v) is 5.05. The molecule has 1 heterocycles. The highest BCUT2D eigenvalue weighted by atomic mass is 35.5. The van der Waals surface area contributed by atoms with Crippen LogP contribution in [0.2, 0.25) is 4.34 Å². The van der Waals surface area contributed by atoms with E-state index >= 15 is 0 Å². The van der Waals surface area contributed by atoms with E-state index in [0.717, 1.165) is 25.7 Å². The number of rotatable bonds is 5. The van der Waals surface area contributed by atoms with Gasteiger partial charge in [-0.3, -0.25) is 4.79 Å². The minimum Gasteiger partial charge on any atom is -0.352 e. The Hall–Kier alpha value is -0.590. The van der Waals surface area contributed by atoms with E-state index in [0.29, 0.717) is 9.21 Å². The van der Waals surface area contributed by atoms with Gasteiger partial charge >= 0.3 is 0 Å². The number of hydrogen-bond acceptors (Lipinski definition) is 4. The molecule has 0 aliphatic heterocycles. The molecule has 1 aromatic rings. The van der Waals surface area contributed by atoms with E-state index in [9.17, 15) is 13.2 Å². The predicted molar refractivity (Wildman–Crippen MR) is 81.8 cm³/mol. The molecule has 112 valence electrons. The van der Waals surface area contributed by atoms with Gasteiger partial charge in [0.1, 0.15) is 5.25 Å². The summed E-state index contributed by atoms with van der Waals surface area (Å²) in [5, 5.41) is 1.81. The Bertz CT molecular complexity index is 576. The number of hydrogen-bond donors (Lipinski definition) is 1. The molecule has 1 saturated carbocycles. The van der Waals surface area contributed by atoms with Crippen LogP contribution in [-0.4, -0.2) is 25.6 Å². The van der Waals surface area contributed by atoms with Crippen molar-refractivity contribution in [2.45, 2.75) is 49.7 Å². The first kappa shape index (κ1) is 15.8. The van der Waals surface area contributed by atoms with Gasteiger partial charge in [-0.2, -0.15) is 0 Å². The van der Waals surface area contributed by atoms with Crippen LogP contribution in [0, 0.1) is 0 Å². The number of carbonyl (C=O) groups excluding carboxylic acids is 1. The van der Waals surface area contributed by atoms with Crippen molar-refractivity contribution in [2.24, 2.45) is 0 Å². The largest absolute Gasteiger partial charge is 0.352 e. The van der Waals surface area contributed by atoms with E-state index < -0.39 is 15.1 Å². The number of nitrogens with one attached hydrogen (secondary N) is 1. The van der Waals surface area contributed by atoms with Crippen LogP contribution in [0.15, 0.2) is 12.1 Å². The third-order valence-electron chi connectivity index (χ3n) is 3.58. The van der Waals surface area contributed by atoms with Gasteiger partial charge in [-0.05, 0) is 31.9 Å². The fraction of sp³-hybridized carbons (Fsp3) is 0.615. The van der Waals surface area contributed by atoms with Crippen LogP contribution in [0.3, 0.4) is 0 Å². The molecule has 7 heteroatoms. The van der Waals surface area contributed by atoms with Crippen molar-refractivity contribution in [3.63, 3.8) is 0 Å². The average molecular weight is 336 g/mol. The molecule has 0 saturated heterocycles. The second-order valence-electron chi connectivity index (χ2n) is 5.15. The quantitative estimate of drug-likeness (QED) is 0.900. The molecule has 1 atom stereocenters. The second-order valence-corrected chi connectivity index (χ2v) is 9.27. The lowest BCUT2D eigenvalue weighted by molar-refractivity contribution is -0.121. The first-order valence-corrected chi connectivity index (χ1v) is 9.55. The minimum atomic E-state index is -3.50. The Balaban J connectivity index is 1.98. The van der Waals surface area contributed by atoms with Gasteiger partial charge in [0, 0.05) is 10.9 Å². The van der Waals surface area contributed by atoms with Crippen LogP contribution in [-0.2, 0) is 20.4 Å². The molecule has 0 bridgehead atoms. The molecule has 1 amide bonds. The molecule has 0 radical (unpaired) electrons. The molecule has 0 unspecified atom stereocenters. The molecule has 0 aromatic carbocycles. The monoisotopic (exact) mass is 335 g/mol. The number of carbonyl (C=O) groups is 1. The topological polar surface area (TPSA) is 63.2 Å². The maximum absolute atomic E-state index is 12.2. The Labute approximate surface area is 128 Å². The predicted octanol–water partition coefficient (Wildman–Crippen LogP) is 2.76. The van der Waals surface area contributed by atoms with Crippen molar-refractivity contribution in [3.05, 3.63) is 21.3 Å². The van der Waals surface area contributed by atoms with Crippen molar-refractivity contribution in [2.75, 3.05) is 0 Å². The maximum Gasteiger partial charge on any atom is 0.238 e. The Morgan fingerprint density at radius 3 is 2.65 bits per heavy atom. The third kappa shape index (κ3) is 3.96. The lowest BCUT2D eigenvalue weighted by Gasteiger charge is -2.16. The van der Waals surface area contributed by atoms with E-state index in [1.807, 2.05) is 0 Å². The number of sulfone groups is 1. The van der Waals surface area contributed by atoms with Crippen LogP contribution < -0.4 is 5.32 Å². The first-order chi connectivity index (χ1) is 9.38. The lowest BCUT2D eigenvalue weighted by Crippen LogP contribution is -2.42. The summed E-state index contributed by atoms with van der Waals surface area (Å²) in [7, 11) is -3.50. The van der Waals surface area contributed by atoms with Gasteiger partial charge in [0.15, 0.2) is 9.84 Å². The van der Waals surface area contributed by atoms with E-state index in [1.165, 1.54) is 18.3 Å². The smallest absolute Gasteiger partial charge is 0.238 e. The van der Waals surface area contributed by atoms with Gasteiger partial charge in [0.25, 0.3) is 0 Å². The summed E-state index contributed by atoms with van der Waals surface area (Å²) in [4.78, 5) is 12.7. The van der Waals surface area contributed by atoms with E-state index in [1.54, 1.807) is 12.1 Å². The highest BCUT2D eigenvalue weighted by Crippen LogP contribution is 2.24. The van der Waals surface area contributed by atoms with Crippen molar-refractivity contribution in [3.8, 4) is 0 Å². The Kier molecular flexibility index (Phi) is 5.09. The summed E-state index contributed by atoms with van der Waals surface area (Å²) in [5.74, 6) is -0.525. The van der Waals surface area contributed by atoms with Crippen molar-refractivity contribution in [1.82, 2.24) is 5.32 Å². The van der Waals surface area contributed by atoms with E-state index in [-0.39, 0.29) is 17.7 Å². The summed E-state index contributed by atoms with van der Waals surface area (Å²) in [6, 6.07) is 3.49. The van der Waals surface area contributed by atoms with Crippen molar-refractivity contribution < 1.29 is 13.2 Å². The van der Waals surface area contributed by atoms with Crippen LogP contribution in [0.5, 0.6) is 0 Å². The highest BCUT2D eigenvalue weighted by Gasteiger charge is 2.30. The molecule has 1 aromatic heterocycles. The molecule has 4 nitrogen and oxygen atoms in total. The van der Waals surface area contributed by atoms with Crippen LogP contribution in [0.25, 0.3) is 0 Å². The second kappa shape index (κ2) is 6.45. The van der Waals surface area contributed by atoms with Crippen molar-refractivity contribution >= 4 is 38.7 Å². The molecule has 0 spiro atoms. The summed E-state index contributed by atoms with van der Waals surface area (Å²) in [6.07, 6.45) is 4.08. The fourth-order valence-electron chi connectivity index (χ4n) is 2.30. The summed E-state index contributed by atoms with van der Waals surface area (Å²) < 4.78 is 25.0. The minimum absolute atomic E-state index is 0.135. The van der Waals surface area contributed by atoms with Gasteiger partial charge in [-0.1, -0.05) is 24.4 Å². The Morgan fingerprint density at radius 1 is 1.45 bits per heavy atom. The molecular formula is C13H18ClNO3S2. The number of halogens is 1. The zero-order valence-electron chi connectivity index (χ0n) is 11.3. The standard InChI is InChI=1S/C13H18ClNO3S2/c1-9(13(16)15-10-4-2-3-5-10)20(17,18)8-11-6-7-12(14)19-11/h6-7,9-10H,2-5,8H2,1H3,(H,15,16)/t9-/m1/s1. The molecular weight excluding hydrogens is 318 g/mol. The summed E-state index contributed by atoms with van der Waals surface area (Å²) in [5.41, 5.74) is 0. The van der Waals surface area contributed by atoms with Gasteiger partial charge < -0.3 is 5.32 Å². The molecule has 1 N–H and O–H groups in total. The third-order valence-corrected chi connectivity index (χ3v) is 7.00. The lowest BCUT2D eigenvalue weighted by atomic mass is 10.2. The first-order valence-electron chi connectivity index (χ1n) is 6.64. The van der Waals surface area contributed by atoms with Crippen LogP contribution in [0.1, 0.15) is 37.5 Å². The highest BCUT2D eigenvalue weighted by molar-refractivity contribution is 7.92. The van der Waals surface area contributed by atoms with Gasteiger partial charge in [-0.25, -0.2) is 8.42 Å². The molecule has 20 heavy (non-hydrogen) atoms. The van der Waals surface area contributed by atoms with E-state index in [4.69, 9.17) is 11.6 Å².